The van der Waals surface area contributed by atoms with E-state index in [0.29, 0.717) is 0 Å². The predicted molar refractivity (Wildman–Crippen MR) is 49.9 cm³/mol. The second-order valence-corrected chi connectivity index (χ2v) is 1.73. The summed E-state index contributed by atoms with van der Waals surface area (Å²) in [6.45, 7) is 5.75. The molecular weight excluding hydrogens is 192 g/mol. The van der Waals surface area contributed by atoms with E-state index in [4.69, 9.17) is 20.4 Å². The van der Waals surface area contributed by atoms with Crippen molar-refractivity contribution >= 4 is 11.9 Å². The van der Waals surface area contributed by atoms with Crippen molar-refractivity contribution in [3.8, 4) is 0 Å². The normalized spacial score (nSPS) is 7.29. The predicted octanol–water partition coefficient (Wildman–Crippen LogP) is -0.291. The van der Waals surface area contributed by atoms with Crippen LogP contribution in [0.2, 0.25) is 0 Å². The Kier molecular flexibility index (Phi) is 23.2. The average molecular weight is 208 g/mol. The molecule has 0 bridgehead atoms. The highest BCUT2D eigenvalue weighted by atomic mass is 16.4. The maximum Gasteiger partial charge on any atom is 0.303 e. The molecule has 14 heavy (non-hydrogen) atoms. The summed E-state index contributed by atoms with van der Waals surface area (Å²) >= 11 is 0. The number of carboxylic acid groups (broad SMARTS) is 2. The van der Waals surface area contributed by atoms with Gasteiger partial charge in [-0.2, -0.15) is 0 Å². The van der Waals surface area contributed by atoms with Gasteiger partial charge in [0.1, 0.15) is 0 Å². The van der Waals surface area contributed by atoms with Gasteiger partial charge in [0.2, 0.25) is 0 Å². The molecule has 0 radical (unpaired) electrons. The number of carboxylic acids is 2. The van der Waals surface area contributed by atoms with E-state index >= 15 is 0 Å². The molecule has 0 aliphatic rings. The molecule has 0 aliphatic carbocycles. The van der Waals surface area contributed by atoms with Gasteiger partial charge >= 0.3 is 11.9 Å². The Morgan fingerprint density at radius 2 is 1.07 bits per heavy atom. The summed E-state index contributed by atoms with van der Waals surface area (Å²) in [6.07, 6.45) is -0.593. The maximum atomic E-state index is 9.64. The zero-order valence-corrected chi connectivity index (χ0v) is 7.85. The van der Waals surface area contributed by atoms with Crippen LogP contribution in [0.1, 0.15) is 12.8 Å². The van der Waals surface area contributed by atoms with Crippen LogP contribution in [0, 0.1) is 0 Å². The highest BCUT2D eigenvalue weighted by Gasteiger charge is 2.00. The number of aliphatic hydroxyl groups excluding tert-OH is 2. The molecule has 0 fully saturated rings. The van der Waals surface area contributed by atoms with Gasteiger partial charge in [0.25, 0.3) is 0 Å². The molecule has 4 N–H and O–H groups in total. The average Bonchev–Trinajstić information content (AvgIpc) is 2.18. The molecule has 0 rings (SSSR count). The number of hydrogen-bond donors (Lipinski definition) is 4. The Morgan fingerprint density at radius 1 is 0.857 bits per heavy atom. The molecule has 0 atom stereocenters. The first kappa shape index (κ1) is 18.4. The van der Waals surface area contributed by atoms with E-state index in [1.807, 2.05) is 0 Å². The number of aliphatic hydroxyl groups is 2. The van der Waals surface area contributed by atoms with Gasteiger partial charge in [-0.15, -0.1) is 13.2 Å². The van der Waals surface area contributed by atoms with Crippen LogP contribution in [0.5, 0.6) is 0 Å². The molecule has 0 spiro atoms. The zero-order chi connectivity index (χ0) is 12.0. The number of hydrogen-bond acceptors (Lipinski definition) is 4. The second kappa shape index (κ2) is 17.6. The Morgan fingerprint density at radius 3 is 1.14 bits per heavy atom. The largest absolute Gasteiger partial charge is 0.481 e. The smallest absolute Gasteiger partial charge is 0.303 e. The summed E-state index contributed by atoms with van der Waals surface area (Å²) in [5.74, 6) is -2.15. The minimum atomic E-state index is -1.08. The molecule has 0 heterocycles. The van der Waals surface area contributed by atoms with Crippen molar-refractivity contribution in [2.75, 3.05) is 13.2 Å². The van der Waals surface area contributed by atoms with Crippen LogP contribution in [0.25, 0.3) is 0 Å². The maximum absolute atomic E-state index is 9.64. The van der Waals surface area contributed by atoms with Crippen molar-refractivity contribution in [1.82, 2.24) is 0 Å². The van der Waals surface area contributed by atoms with Crippen molar-refractivity contribution in [1.29, 1.82) is 0 Å². The molecule has 0 aromatic carbocycles. The van der Waals surface area contributed by atoms with Gasteiger partial charge in [-0.25, -0.2) is 0 Å². The van der Waals surface area contributed by atoms with Gasteiger partial charge in [0.05, 0.1) is 26.1 Å². The second-order valence-electron chi connectivity index (χ2n) is 1.73. The van der Waals surface area contributed by atoms with Crippen LogP contribution in [-0.4, -0.2) is 45.6 Å². The first-order chi connectivity index (χ1) is 6.54. The third-order valence-electron chi connectivity index (χ3n) is 0.653. The quantitative estimate of drug-likeness (QED) is 0.472. The standard InChI is InChI=1S/C4H6O4.C2H6O2.C2H4/c5-3(6)1-2-4(7)8;3-1-2-4;1-2/h1-2H2,(H,5,6)(H,7,8);3-4H,1-2H2;1-2H2. The highest BCUT2D eigenvalue weighted by molar-refractivity contribution is 5.75. The minimum Gasteiger partial charge on any atom is -0.481 e. The summed E-state index contributed by atoms with van der Waals surface area (Å²) in [7, 11) is 0. The number of rotatable bonds is 4. The molecule has 6 heteroatoms. The monoisotopic (exact) mass is 208 g/mol. The van der Waals surface area contributed by atoms with Crippen LogP contribution >= 0.6 is 0 Å². The van der Waals surface area contributed by atoms with E-state index in [1.165, 1.54) is 0 Å². The summed E-state index contributed by atoms with van der Waals surface area (Å²) in [5.41, 5.74) is 0. The molecule has 0 unspecified atom stereocenters. The van der Waals surface area contributed by atoms with Crippen LogP contribution < -0.4 is 0 Å². The van der Waals surface area contributed by atoms with Crippen molar-refractivity contribution in [3.63, 3.8) is 0 Å². The lowest BCUT2D eigenvalue weighted by molar-refractivity contribution is -0.143. The summed E-state index contributed by atoms with van der Waals surface area (Å²) < 4.78 is 0. The number of aliphatic carboxylic acids is 2. The molecule has 0 amide bonds. The lowest BCUT2D eigenvalue weighted by Crippen LogP contribution is -2.00. The van der Waals surface area contributed by atoms with Crippen molar-refractivity contribution in [2.45, 2.75) is 12.8 Å². The van der Waals surface area contributed by atoms with Gasteiger partial charge in [-0.05, 0) is 0 Å². The summed E-state index contributed by atoms with van der Waals surface area (Å²) in [6, 6.07) is 0. The fraction of sp³-hybridized carbons (Fsp3) is 0.500. The summed E-state index contributed by atoms with van der Waals surface area (Å²) in [4.78, 5) is 19.3. The number of carbonyl (C=O) groups is 2. The van der Waals surface area contributed by atoms with E-state index in [0.717, 1.165) is 0 Å². The molecule has 0 aromatic heterocycles. The zero-order valence-electron chi connectivity index (χ0n) is 7.85. The fourth-order valence-corrected chi connectivity index (χ4v) is 0.214. The van der Waals surface area contributed by atoms with Gasteiger partial charge in [0.15, 0.2) is 0 Å². The van der Waals surface area contributed by atoms with E-state index in [-0.39, 0.29) is 26.1 Å². The Balaban J connectivity index is -0.000000170. The van der Waals surface area contributed by atoms with Crippen LogP contribution in [0.3, 0.4) is 0 Å². The third-order valence-corrected chi connectivity index (χ3v) is 0.653. The topological polar surface area (TPSA) is 115 Å². The van der Waals surface area contributed by atoms with Gasteiger partial charge in [0, 0.05) is 0 Å². The van der Waals surface area contributed by atoms with Crippen molar-refractivity contribution in [2.24, 2.45) is 0 Å². The van der Waals surface area contributed by atoms with Crippen molar-refractivity contribution in [3.05, 3.63) is 13.2 Å². The van der Waals surface area contributed by atoms with E-state index < -0.39 is 11.9 Å². The first-order valence-electron chi connectivity index (χ1n) is 3.70. The van der Waals surface area contributed by atoms with E-state index in [9.17, 15) is 9.59 Å². The highest BCUT2D eigenvalue weighted by Crippen LogP contribution is 1.86. The lowest BCUT2D eigenvalue weighted by atomic mass is 10.3. The van der Waals surface area contributed by atoms with Crippen LogP contribution in [0.4, 0.5) is 0 Å². The summed E-state index contributed by atoms with van der Waals surface area (Å²) in [5, 5.41) is 31.0. The van der Waals surface area contributed by atoms with Crippen LogP contribution in [-0.2, 0) is 9.59 Å². The molecule has 0 aliphatic heterocycles. The third kappa shape index (κ3) is 46.2. The van der Waals surface area contributed by atoms with Crippen LogP contribution in [0.15, 0.2) is 13.2 Å². The lowest BCUT2D eigenvalue weighted by Gasteiger charge is -1.85. The SMILES string of the molecule is C=C.O=C(O)CCC(=O)O.OCCO. The van der Waals surface area contributed by atoms with Gasteiger partial charge in [-0.1, -0.05) is 0 Å². The Hall–Kier alpha value is -1.40. The molecule has 0 saturated heterocycles. The van der Waals surface area contributed by atoms with E-state index in [2.05, 4.69) is 13.2 Å². The Labute approximate surface area is 82.1 Å². The fourth-order valence-electron chi connectivity index (χ4n) is 0.214. The molecule has 84 valence electrons. The van der Waals surface area contributed by atoms with Gasteiger partial charge in [-0.3, -0.25) is 9.59 Å². The molecular formula is C8H16O6. The molecule has 0 saturated carbocycles. The van der Waals surface area contributed by atoms with Crippen molar-refractivity contribution < 1.29 is 30.0 Å². The van der Waals surface area contributed by atoms with E-state index in [1.54, 1.807) is 0 Å². The first-order valence-corrected chi connectivity index (χ1v) is 3.70. The molecule has 6 nitrogen and oxygen atoms in total. The molecule has 0 aromatic rings. The Bertz CT molecular complexity index is 129. The van der Waals surface area contributed by atoms with Gasteiger partial charge < -0.3 is 20.4 Å². The minimum absolute atomic E-state index is 0.125.